The summed E-state index contributed by atoms with van der Waals surface area (Å²) in [7, 11) is 0. The molecule has 90 valence electrons. The molecule has 3 nitrogen and oxygen atoms in total. The molecule has 5 heteroatoms. The first-order chi connectivity index (χ1) is 8.24. The van der Waals surface area contributed by atoms with Gasteiger partial charge in [0.25, 0.3) is 0 Å². The van der Waals surface area contributed by atoms with Crippen molar-refractivity contribution in [3.8, 4) is 5.75 Å². The van der Waals surface area contributed by atoms with Crippen molar-refractivity contribution in [2.75, 3.05) is 12.0 Å². The van der Waals surface area contributed by atoms with Crippen LogP contribution >= 0.6 is 0 Å². The second-order valence-electron chi connectivity index (χ2n) is 3.44. The van der Waals surface area contributed by atoms with Gasteiger partial charge in [-0.2, -0.15) is 8.78 Å². The van der Waals surface area contributed by atoms with Crippen molar-refractivity contribution in [2.45, 2.75) is 6.61 Å². The van der Waals surface area contributed by atoms with Crippen LogP contribution in [0, 0.1) is 0 Å². The van der Waals surface area contributed by atoms with Gasteiger partial charge in [-0.15, -0.1) is 0 Å². The van der Waals surface area contributed by atoms with Crippen LogP contribution in [0.3, 0.4) is 0 Å². The first kappa shape index (κ1) is 11.4. The minimum atomic E-state index is -2.80. The number of benzene rings is 1. The lowest BCUT2D eigenvalue weighted by Crippen LogP contribution is -2.25. The number of ether oxygens (including phenoxy) is 1. The van der Waals surface area contributed by atoms with Gasteiger partial charge in [-0.1, -0.05) is 18.2 Å². The maximum absolute atomic E-state index is 12.0. The molecule has 0 amide bonds. The Balaban J connectivity index is 2.00. The molecule has 0 spiro atoms. The summed E-state index contributed by atoms with van der Waals surface area (Å²) in [6, 6.07) is 6.45. The summed E-state index contributed by atoms with van der Waals surface area (Å²) >= 11 is 0. The molecule has 17 heavy (non-hydrogen) atoms. The average molecular weight is 238 g/mol. The lowest BCUT2D eigenvalue weighted by Gasteiger charge is -2.22. The maximum Gasteiger partial charge on any atom is 0.387 e. The predicted octanol–water partition coefficient (Wildman–Crippen LogP) is 3.00. The lowest BCUT2D eigenvalue weighted by atomic mass is 10.3. The molecule has 1 heterocycles. The molecule has 0 aliphatic carbocycles. The number of halogens is 2. The van der Waals surface area contributed by atoms with E-state index in [2.05, 4.69) is 10.2 Å². The number of anilines is 1. The smallest absolute Gasteiger partial charge is 0.387 e. The highest BCUT2D eigenvalue weighted by Gasteiger charge is 2.05. The lowest BCUT2D eigenvalue weighted by molar-refractivity contribution is -0.0498. The van der Waals surface area contributed by atoms with Crippen molar-refractivity contribution in [3.63, 3.8) is 0 Å². The van der Waals surface area contributed by atoms with E-state index in [1.54, 1.807) is 12.1 Å². The molecular formula is C12H12F2N2O. The van der Waals surface area contributed by atoms with E-state index in [-0.39, 0.29) is 5.75 Å². The molecule has 2 rings (SSSR count). The van der Waals surface area contributed by atoms with Crippen molar-refractivity contribution in [2.24, 2.45) is 0 Å². The third kappa shape index (κ3) is 3.48. The fraction of sp³-hybridized carbons (Fsp3) is 0.167. The molecule has 0 saturated carbocycles. The Hall–Kier alpha value is -2.04. The van der Waals surface area contributed by atoms with E-state index in [9.17, 15) is 8.78 Å². The first-order valence-corrected chi connectivity index (χ1v) is 5.15. The van der Waals surface area contributed by atoms with Gasteiger partial charge in [-0.3, -0.25) is 10.4 Å². The quantitative estimate of drug-likeness (QED) is 0.872. The number of hydrazine groups is 1. The molecule has 0 aromatic heterocycles. The van der Waals surface area contributed by atoms with Crippen LogP contribution < -0.4 is 10.2 Å². The van der Waals surface area contributed by atoms with E-state index in [1.807, 2.05) is 29.4 Å². The van der Waals surface area contributed by atoms with Gasteiger partial charge in [0.1, 0.15) is 5.75 Å². The van der Waals surface area contributed by atoms with Crippen LogP contribution in [0.2, 0.25) is 0 Å². The standard InChI is InChI=1S/C12H12F2N2O/c13-12(14)17-11-6-4-5-10(9-11)15-16-7-2-1-3-8-16/h1-7,9,12,15H,8H2. The van der Waals surface area contributed by atoms with Crippen molar-refractivity contribution in [1.29, 1.82) is 0 Å². The minimum absolute atomic E-state index is 0.140. The molecule has 0 radical (unpaired) electrons. The molecule has 1 N–H and O–H groups in total. The largest absolute Gasteiger partial charge is 0.435 e. The molecule has 0 bridgehead atoms. The highest BCUT2D eigenvalue weighted by molar-refractivity contribution is 5.47. The molecular weight excluding hydrogens is 226 g/mol. The normalized spacial score (nSPS) is 14.2. The molecule has 0 atom stereocenters. The zero-order valence-electron chi connectivity index (χ0n) is 9.01. The zero-order chi connectivity index (χ0) is 12.1. The first-order valence-electron chi connectivity index (χ1n) is 5.15. The Morgan fingerprint density at radius 2 is 2.18 bits per heavy atom. The monoisotopic (exact) mass is 238 g/mol. The molecule has 1 aromatic rings. The van der Waals surface area contributed by atoms with Crippen LogP contribution in [-0.2, 0) is 0 Å². The SMILES string of the molecule is FC(F)Oc1cccc(NN2C=CC=CC2)c1. The number of hydrogen-bond donors (Lipinski definition) is 1. The van der Waals surface area contributed by atoms with Crippen molar-refractivity contribution >= 4 is 5.69 Å². The zero-order valence-corrected chi connectivity index (χ0v) is 9.01. The number of rotatable bonds is 4. The van der Waals surface area contributed by atoms with E-state index in [0.717, 1.165) is 6.54 Å². The van der Waals surface area contributed by atoms with Gasteiger partial charge >= 0.3 is 6.61 Å². The third-order valence-electron chi connectivity index (χ3n) is 2.15. The third-order valence-corrected chi connectivity index (χ3v) is 2.15. The maximum atomic E-state index is 12.0. The van der Waals surface area contributed by atoms with Gasteiger partial charge in [0, 0.05) is 12.3 Å². The summed E-state index contributed by atoms with van der Waals surface area (Å²) in [6.07, 6.45) is 7.66. The summed E-state index contributed by atoms with van der Waals surface area (Å²) in [4.78, 5) is 0. The van der Waals surface area contributed by atoms with E-state index < -0.39 is 6.61 Å². The van der Waals surface area contributed by atoms with Crippen molar-refractivity contribution in [1.82, 2.24) is 5.01 Å². The van der Waals surface area contributed by atoms with E-state index >= 15 is 0 Å². The number of nitrogens with one attached hydrogen (secondary N) is 1. The Bertz CT molecular complexity index is 432. The second-order valence-corrected chi connectivity index (χ2v) is 3.44. The van der Waals surface area contributed by atoms with Crippen LogP contribution in [-0.4, -0.2) is 18.2 Å². The molecule has 1 aliphatic rings. The highest BCUT2D eigenvalue weighted by Crippen LogP contribution is 2.20. The van der Waals surface area contributed by atoms with Crippen LogP contribution in [0.4, 0.5) is 14.5 Å². The second kappa shape index (κ2) is 5.34. The van der Waals surface area contributed by atoms with Crippen molar-refractivity contribution < 1.29 is 13.5 Å². The fourth-order valence-corrected chi connectivity index (χ4v) is 1.46. The Kier molecular flexibility index (Phi) is 3.59. The van der Waals surface area contributed by atoms with Gasteiger partial charge < -0.3 is 4.74 Å². The Morgan fingerprint density at radius 1 is 1.29 bits per heavy atom. The summed E-state index contributed by atoms with van der Waals surface area (Å²) in [5.74, 6) is 0.140. The topological polar surface area (TPSA) is 24.5 Å². The van der Waals surface area contributed by atoms with Crippen LogP contribution in [0.5, 0.6) is 5.75 Å². The van der Waals surface area contributed by atoms with Gasteiger partial charge in [-0.25, -0.2) is 0 Å². The van der Waals surface area contributed by atoms with Gasteiger partial charge in [-0.05, 0) is 18.2 Å². The van der Waals surface area contributed by atoms with E-state index in [4.69, 9.17) is 0 Å². The highest BCUT2D eigenvalue weighted by atomic mass is 19.3. The summed E-state index contributed by atoms with van der Waals surface area (Å²) < 4.78 is 28.4. The molecule has 1 aromatic carbocycles. The van der Waals surface area contributed by atoms with Gasteiger partial charge in [0.15, 0.2) is 0 Å². The number of nitrogens with zero attached hydrogens (tertiary/aromatic N) is 1. The Labute approximate surface area is 98.0 Å². The van der Waals surface area contributed by atoms with E-state index in [1.165, 1.54) is 12.1 Å². The van der Waals surface area contributed by atoms with Crippen molar-refractivity contribution in [3.05, 3.63) is 48.7 Å². The molecule has 1 aliphatic heterocycles. The summed E-state index contributed by atoms with van der Waals surface area (Å²) in [6.45, 7) is -2.08. The number of alkyl halides is 2. The van der Waals surface area contributed by atoms with E-state index in [0.29, 0.717) is 5.69 Å². The average Bonchev–Trinajstić information content (AvgIpc) is 2.30. The predicted molar refractivity (Wildman–Crippen MR) is 61.7 cm³/mol. The van der Waals surface area contributed by atoms with Gasteiger partial charge in [0.05, 0.1) is 12.2 Å². The van der Waals surface area contributed by atoms with Crippen LogP contribution in [0.1, 0.15) is 0 Å². The van der Waals surface area contributed by atoms with Gasteiger partial charge in [0.2, 0.25) is 0 Å². The molecule has 0 unspecified atom stereocenters. The number of hydrogen-bond acceptors (Lipinski definition) is 3. The van der Waals surface area contributed by atoms with Crippen LogP contribution in [0.25, 0.3) is 0 Å². The number of allylic oxidation sites excluding steroid dienone is 2. The summed E-state index contributed by atoms with van der Waals surface area (Å²) in [5.41, 5.74) is 3.76. The minimum Gasteiger partial charge on any atom is -0.435 e. The molecule has 0 saturated heterocycles. The molecule has 0 fully saturated rings. The van der Waals surface area contributed by atoms with Crippen LogP contribution in [0.15, 0.2) is 48.7 Å². The summed E-state index contributed by atoms with van der Waals surface area (Å²) in [5, 5.41) is 1.83. The Morgan fingerprint density at radius 3 is 2.88 bits per heavy atom. The fourth-order valence-electron chi connectivity index (χ4n) is 1.46.